The first-order valence-electron chi connectivity index (χ1n) is 6.10. The number of carbonyl (C=O) groups excluding carboxylic acids is 1. The molecule has 0 unspecified atom stereocenters. The van der Waals surface area contributed by atoms with Gasteiger partial charge in [-0.2, -0.15) is 0 Å². The lowest BCUT2D eigenvalue weighted by Gasteiger charge is -2.16. The second-order valence-corrected chi connectivity index (χ2v) is 4.47. The molecular weight excluding hydrogens is 210 g/mol. The molecule has 0 saturated heterocycles. The molecule has 1 aromatic rings. The SMILES string of the molecule is C#CCNC(=O)Cc1ccc2c(c1)CCCC2. The van der Waals surface area contributed by atoms with Gasteiger partial charge in [-0.25, -0.2) is 0 Å². The highest BCUT2D eigenvalue weighted by Gasteiger charge is 2.10. The molecule has 0 aromatic heterocycles. The first-order chi connectivity index (χ1) is 8.29. The monoisotopic (exact) mass is 227 g/mol. The number of rotatable bonds is 3. The van der Waals surface area contributed by atoms with Crippen molar-refractivity contribution >= 4 is 5.91 Å². The van der Waals surface area contributed by atoms with Crippen molar-refractivity contribution in [3.05, 3.63) is 34.9 Å². The zero-order valence-corrected chi connectivity index (χ0v) is 9.96. The summed E-state index contributed by atoms with van der Waals surface area (Å²) in [5.74, 6) is 2.40. The molecule has 0 aliphatic heterocycles. The van der Waals surface area contributed by atoms with Crippen molar-refractivity contribution in [1.29, 1.82) is 0 Å². The summed E-state index contributed by atoms with van der Waals surface area (Å²) in [5, 5.41) is 2.69. The Morgan fingerprint density at radius 3 is 2.82 bits per heavy atom. The number of benzene rings is 1. The maximum Gasteiger partial charge on any atom is 0.225 e. The minimum Gasteiger partial charge on any atom is -0.345 e. The van der Waals surface area contributed by atoms with Gasteiger partial charge in [0.15, 0.2) is 0 Å². The van der Waals surface area contributed by atoms with E-state index in [4.69, 9.17) is 6.42 Å². The molecule has 2 rings (SSSR count). The van der Waals surface area contributed by atoms with Crippen LogP contribution in [0.4, 0.5) is 0 Å². The summed E-state index contributed by atoms with van der Waals surface area (Å²) in [6.07, 6.45) is 10.4. The molecule has 0 bridgehead atoms. The van der Waals surface area contributed by atoms with Gasteiger partial charge in [0, 0.05) is 0 Å². The molecule has 1 N–H and O–H groups in total. The summed E-state index contributed by atoms with van der Waals surface area (Å²) < 4.78 is 0. The van der Waals surface area contributed by atoms with E-state index in [1.807, 2.05) is 0 Å². The highest BCUT2D eigenvalue weighted by Crippen LogP contribution is 2.22. The molecule has 0 radical (unpaired) electrons. The number of amides is 1. The first kappa shape index (κ1) is 11.7. The van der Waals surface area contributed by atoms with Crippen molar-refractivity contribution in [2.45, 2.75) is 32.1 Å². The van der Waals surface area contributed by atoms with Crippen LogP contribution in [-0.4, -0.2) is 12.5 Å². The molecule has 2 heteroatoms. The van der Waals surface area contributed by atoms with Crippen molar-refractivity contribution < 1.29 is 4.79 Å². The topological polar surface area (TPSA) is 29.1 Å². The largest absolute Gasteiger partial charge is 0.345 e. The van der Waals surface area contributed by atoms with Crippen LogP contribution in [0, 0.1) is 12.3 Å². The van der Waals surface area contributed by atoms with E-state index in [0.29, 0.717) is 13.0 Å². The summed E-state index contributed by atoms with van der Waals surface area (Å²) in [6, 6.07) is 6.39. The summed E-state index contributed by atoms with van der Waals surface area (Å²) in [5.41, 5.74) is 3.95. The fourth-order valence-corrected chi connectivity index (χ4v) is 2.29. The van der Waals surface area contributed by atoms with Gasteiger partial charge >= 0.3 is 0 Å². The van der Waals surface area contributed by atoms with Gasteiger partial charge in [-0.05, 0) is 42.4 Å². The predicted molar refractivity (Wildman–Crippen MR) is 68.6 cm³/mol. The molecule has 2 nitrogen and oxygen atoms in total. The number of terminal acetylenes is 1. The van der Waals surface area contributed by atoms with E-state index in [1.165, 1.54) is 30.4 Å². The molecule has 1 aliphatic rings. The molecule has 1 aromatic carbocycles. The van der Waals surface area contributed by atoms with Gasteiger partial charge in [0.05, 0.1) is 13.0 Å². The Labute approximate surface area is 102 Å². The molecule has 0 heterocycles. The van der Waals surface area contributed by atoms with E-state index in [2.05, 4.69) is 29.4 Å². The minimum atomic E-state index is -0.00119. The van der Waals surface area contributed by atoms with Crippen molar-refractivity contribution in [2.75, 3.05) is 6.54 Å². The third-order valence-electron chi connectivity index (χ3n) is 3.17. The van der Waals surface area contributed by atoms with Crippen molar-refractivity contribution in [1.82, 2.24) is 5.32 Å². The molecule has 0 fully saturated rings. The standard InChI is InChI=1S/C15H17NO/c1-2-9-16-15(17)11-12-7-8-13-5-3-4-6-14(13)10-12/h1,7-8,10H,3-6,9,11H2,(H,16,17). The molecule has 17 heavy (non-hydrogen) atoms. The highest BCUT2D eigenvalue weighted by molar-refractivity contribution is 5.78. The zero-order valence-electron chi connectivity index (χ0n) is 9.96. The van der Waals surface area contributed by atoms with E-state index in [1.54, 1.807) is 0 Å². The van der Waals surface area contributed by atoms with Crippen LogP contribution in [0.3, 0.4) is 0 Å². The van der Waals surface area contributed by atoms with Gasteiger partial charge in [-0.1, -0.05) is 24.1 Å². The Balaban J connectivity index is 2.02. The third kappa shape index (κ3) is 3.10. The second kappa shape index (κ2) is 5.54. The number of fused-ring (bicyclic) bond motifs is 1. The Morgan fingerprint density at radius 2 is 2.06 bits per heavy atom. The Morgan fingerprint density at radius 1 is 1.29 bits per heavy atom. The van der Waals surface area contributed by atoms with Crippen LogP contribution >= 0.6 is 0 Å². The molecule has 0 spiro atoms. The van der Waals surface area contributed by atoms with Crippen molar-refractivity contribution in [3.8, 4) is 12.3 Å². The number of aryl methyl sites for hydroxylation is 2. The lowest BCUT2D eigenvalue weighted by Crippen LogP contribution is -2.25. The van der Waals surface area contributed by atoms with Gasteiger partial charge in [-0.15, -0.1) is 6.42 Å². The van der Waals surface area contributed by atoms with E-state index < -0.39 is 0 Å². The number of nitrogens with one attached hydrogen (secondary N) is 1. The fourth-order valence-electron chi connectivity index (χ4n) is 2.29. The molecule has 88 valence electrons. The van der Waals surface area contributed by atoms with Crippen LogP contribution < -0.4 is 5.32 Å². The Hall–Kier alpha value is -1.75. The maximum absolute atomic E-state index is 11.5. The van der Waals surface area contributed by atoms with Crippen LogP contribution in [-0.2, 0) is 24.1 Å². The van der Waals surface area contributed by atoms with E-state index in [9.17, 15) is 4.79 Å². The number of hydrogen-bond acceptors (Lipinski definition) is 1. The average molecular weight is 227 g/mol. The predicted octanol–water partition coefficient (Wildman–Crippen LogP) is 1.86. The van der Waals surface area contributed by atoms with E-state index in [-0.39, 0.29) is 5.91 Å². The quantitative estimate of drug-likeness (QED) is 0.785. The fraction of sp³-hybridized carbons (Fsp3) is 0.400. The first-order valence-corrected chi connectivity index (χ1v) is 6.10. The normalized spacial score (nSPS) is 13.6. The summed E-state index contributed by atoms with van der Waals surface area (Å²) in [7, 11) is 0. The minimum absolute atomic E-state index is 0.00119. The summed E-state index contributed by atoms with van der Waals surface area (Å²) in [6.45, 7) is 0.309. The van der Waals surface area contributed by atoms with Crippen LogP contribution in [0.25, 0.3) is 0 Å². The molecule has 0 saturated carbocycles. The number of carbonyl (C=O) groups is 1. The van der Waals surface area contributed by atoms with Gasteiger partial charge < -0.3 is 5.32 Å². The van der Waals surface area contributed by atoms with Crippen LogP contribution in [0.5, 0.6) is 0 Å². The Kier molecular flexibility index (Phi) is 3.82. The van der Waals surface area contributed by atoms with Gasteiger partial charge in [0.25, 0.3) is 0 Å². The molecule has 0 atom stereocenters. The lowest BCUT2D eigenvalue weighted by molar-refractivity contribution is -0.120. The highest BCUT2D eigenvalue weighted by atomic mass is 16.1. The third-order valence-corrected chi connectivity index (χ3v) is 3.17. The summed E-state index contributed by atoms with van der Waals surface area (Å²) in [4.78, 5) is 11.5. The smallest absolute Gasteiger partial charge is 0.225 e. The van der Waals surface area contributed by atoms with Crippen molar-refractivity contribution in [3.63, 3.8) is 0 Å². The van der Waals surface area contributed by atoms with Crippen LogP contribution in [0.2, 0.25) is 0 Å². The average Bonchev–Trinajstić information content (AvgIpc) is 2.36. The van der Waals surface area contributed by atoms with Crippen LogP contribution in [0.1, 0.15) is 29.5 Å². The number of hydrogen-bond donors (Lipinski definition) is 1. The van der Waals surface area contributed by atoms with Gasteiger partial charge in [0.2, 0.25) is 5.91 Å². The van der Waals surface area contributed by atoms with Gasteiger partial charge in [0.1, 0.15) is 0 Å². The van der Waals surface area contributed by atoms with E-state index in [0.717, 1.165) is 12.0 Å². The summed E-state index contributed by atoms with van der Waals surface area (Å²) >= 11 is 0. The lowest BCUT2D eigenvalue weighted by atomic mass is 9.90. The zero-order chi connectivity index (χ0) is 12.1. The van der Waals surface area contributed by atoms with E-state index >= 15 is 0 Å². The molecule has 1 amide bonds. The molecule has 1 aliphatic carbocycles. The van der Waals surface area contributed by atoms with Gasteiger partial charge in [-0.3, -0.25) is 4.79 Å². The maximum atomic E-state index is 11.5. The Bertz CT molecular complexity index is 456. The van der Waals surface area contributed by atoms with Crippen molar-refractivity contribution in [2.24, 2.45) is 0 Å². The van der Waals surface area contributed by atoms with Crippen LogP contribution in [0.15, 0.2) is 18.2 Å². The molecular formula is C15H17NO. The second-order valence-electron chi connectivity index (χ2n) is 4.47.